The van der Waals surface area contributed by atoms with Crippen molar-refractivity contribution in [3.8, 4) is 5.75 Å². The molecule has 0 saturated carbocycles. The van der Waals surface area contributed by atoms with Crippen molar-refractivity contribution in [3.05, 3.63) is 28.8 Å². The molecule has 19 heavy (non-hydrogen) atoms. The van der Waals surface area contributed by atoms with Crippen molar-refractivity contribution in [2.75, 3.05) is 39.5 Å². The molecule has 0 aliphatic carbocycles. The highest BCUT2D eigenvalue weighted by atomic mass is 35.5. The summed E-state index contributed by atoms with van der Waals surface area (Å²) in [4.78, 5) is 2.33. The van der Waals surface area contributed by atoms with Crippen LogP contribution in [-0.4, -0.2) is 44.4 Å². The van der Waals surface area contributed by atoms with E-state index in [-0.39, 0.29) is 6.04 Å². The van der Waals surface area contributed by atoms with Gasteiger partial charge in [-0.1, -0.05) is 17.7 Å². The molecule has 1 heterocycles. The Bertz CT molecular complexity index is 406. The minimum absolute atomic E-state index is 0.0140. The standard InChI is InChI=1S/C14H21ClN2O2/c1-11(16)12-2-3-14(13(15)10-12)19-9-6-17-4-7-18-8-5-17/h2-3,10-11H,4-9,16H2,1H3. The molecule has 1 aliphatic heterocycles. The summed E-state index contributed by atoms with van der Waals surface area (Å²) >= 11 is 6.18. The van der Waals surface area contributed by atoms with Gasteiger partial charge in [0.1, 0.15) is 12.4 Å². The van der Waals surface area contributed by atoms with E-state index in [2.05, 4.69) is 4.90 Å². The lowest BCUT2D eigenvalue weighted by Gasteiger charge is -2.26. The summed E-state index contributed by atoms with van der Waals surface area (Å²) in [6, 6.07) is 5.71. The number of hydrogen-bond acceptors (Lipinski definition) is 4. The van der Waals surface area contributed by atoms with E-state index in [0.717, 1.165) is 44.2 Å². The van der Waals surface area contributed by atoms with Gasteiger partial charge < -0.3 is 15.2 Å². The summed E-state index contributed by atoms with van der Waals surface area (Å²) in [7, 11) is 0. The minimum Gasteiger partial charge on any atom is -0.491 e. The van der Waals surface area contributed by atoms with E-state index in [4.69, 9.17) is 26.8 Å². The summed E-state index contributed by atoms with van der Waals surface area (Å²) < 4.78 is 11.0. The molecule has 0 amide bonds. The highest BCUT2D eigenvalue weighted by Gasteiger charge is 2.11. The second-order valence-corrected chi connectivity index (χ2v) is 5.19. The maximum Gasteiger partial charge on any atom is 0.137 e. The normalized spacial score (nSPS) is 18.3. The van der Waals surface area contributed by atoms with Crippen molar-refractivity contribution in [2.45, 2.75) is 13.0 Å². The van der Waals surface area contributed by atoms with Crippen LogP contribution in [0.25, 0.3) is 0 Å². The zero-order valence-corrected chi connectivity index (χ0v) is 12.0. The lowest BCUT2D eigenvalue weighted by Crippen LogP contribution is -2.38. The molecule has 1 aromatic carbocycles. The summed E-state index contributed by atoms with van der Waals surface area (Å²) in [5, 5.41) is 0.622. The van der Waals surface area contributed by atoms with Crippen LogP contribution in [0.1, 0.15) is 18.5 Å². The van der Waals surface area contributed by atoms with Gasteiger partial charge in [-0.15, -0.1) is 0 Å². The average molecular weight is 285 g/mol. The molecule has 2 rings (SSSR count). The fourth-order valence-electron chi connectivity index (χ4n) is 2.03. The first-order valence-electron chi connectivity index (χ1n) is 6.65. The Morgan fingerprint density at radius 2 is 2.16 bits per heavy atom. The molecule has 0 bridgehead atoms. The molecule has 1 unspecified atom stereocenters. The predicted molar refractivity (Wildman–Crippen MR) is 76.8 cm³/mol. The van der Waals surface area contributed by atoms with Gasteiger partial charge in [0.05, 0.1) is 18.2 Å². The summed E-state index contributed by atoms with van der Waals surface area (Å²) in [6.45, 7) is 7.03. The lowest BCUT2D eigenvalue weighted by molar-refractivity contribution is 0.0322. The maximum absolute atomic E-state index is 6.18. The fraction of sp³-hybridized carbons (Fsp3) is 0.571. The Kier molecular flexibility index (Phi) is 5.45. The van der Waals surface area contributed by atoms with Crippen LogP contribution in [0.5, 0.6) is 5.75 Å². The van der Waals surface area contributed by atoms with Crippen molar-refractivity contribution in [1.82, 2.24) is 4.90 Å². The summed E-state index contributed by atoms with van der Waals surface area (Å²) in [5.41, 5.74) is 6.83. The van der Waals surface area contributed by atoms with Gasteiger partial charge in [0.15, 0.2) is 0 Å². The number of hydrogen-bond donors (Lipinski definition) is 1. The van der Waals surface area contributed by atoms with Crippen LogP contribution in [-0.2, 0) is 4.74 Å². The third kappa shape index (κ3) is 4.35. The van der Waals surface area contributed by atoms with Gasteiger partial charge in [0.2, 0.25) is 0 Å². The number of rotatable bonds is 5. The maximum atomic E-state index is 6.18. The third-order valence-corrected chi connectivity index (χ3v) is 3.55. The fourth-order valence-corrected chi connectivity index (χ4v) is 2.27. The molecule has 1 aromatic rings. The number of benzene rings is 1. The molecule has 0 spiro atoms. The largest absolute Gasteiger partial charge is 0.491 e. The SMILES string of the molecule is CC(N)c1ccc(OCCN2CCOCC2)c(Cl)c1. The molecule has 4 nitrogen and oxygen atoms in total. The van der Waals surface area contributed by atoms with Crippen LogP contribution in [0.4, 0.5) is 0 Å². The molecule has 5 heteroatoms. The zero-order chi connectivity index (χ0) is 13.7. The molecular formula is C14H21ClN2O2. The van der Waals surface area contributed by atoms with Crippen molar-refractivity contribution in [2.24, 2.45) is 5.73 Å². The van der Waals surface area contributed by atoms with Crippen molar-refractivity contribution >= 4 is 11.6 Å². The molecule has 1 atom stereocenters. The Balaban J connectivity index is 1.82. The quantitative estimate of drug-likeness (QED) is 0.899. The first kappa shape index (κ1) is 14.6. The molecule has 0 radical (unpaired) electrons. The zero-order valence-electron chi connectivity index (χ0n) is 11.3. The third-order valence-electron chi connectivity index (χ3n) is 3.25. The van der Waals surface area contributed by atoms with E-state index in [1.54, 1.807) is 0 Å². The van der Waals surface area contributed by atoms with E-state index in [9.17, 15) is 0 Å². The number of nitrogens with zero attached hydrogens (tertiary/aromatic N) is 1. The lowest BCUT2D eigenvalue weighted by atomic mass is 10.1. The topological polar surface area (TPSA) is 47.7 Å². The second-order valence-electron chi connectivity index (χ2n) is 4.78. The average Bonchev–Trinajstić information content (AvgIpc) is 2.41. The Morgan fingerprint density at radius 3 is 2.79 bits per heavy atom. The molecular weight excluding hydrogens is 264 g/mol. The van der Waals surface area contributed by atoms with Crippen LogP contribution in [0.2, 0.25) is 5.02 Å². The van der Waals surface area contributed by atoms with Gasteiger partial charge in [-0.25, -0.2) is 0 Å². The van der Waals surface area contributed by atoms with Gasteiger partial charge in [-0.2, -0.15) is 0 Å². The second kappa shape index (κ2) is 7.10. The highest BCUT2D eigenvalue weighted by Crippen LogP contribution is 2.27. The number of morpholine rings is 1. The molecule has 2 N–H and O–H groups in total. The van der Waals surface area contributed by atoms with E-state index in [1.165, 1.54) is 0 Å². The minimum atomic E-state index is -0.0140. The van der Waals surface area contributed by atoms with Crippen LogP contribution in [0.3, 0.4) is 0 Å². The number of nitrogens with two attached hydrogens (primary N) is 1. The molecule has 1 aliphatic rings. The van der Waals surface area contributed by atoms with Crippen molar-refractivity contribution in [3.63, 3.8) is 0 Å². The molecule has 106 valence electrons. The van der Waals surface area contributed by atoms with Crippen LogP contribution < -0.4 is 10.5 Å². The van der Waals surface area contributed by atoms with E-state index < -0.39 is 0 Å². The van der Waals surface area contributed by atoms with E-state index in [0.29, 0.717) is 11.6 Å². The number of halogens is 1. The van der Waals surface area contributed by atoms with Gasteiger partial charge >= 0.3 is 0 Å². The summed E-state index contributed by atoms with van der Waals surface area (Å²) in [5.74, 6) is 0.722. The predicted octanol–water partition coefficient (Wildman–Crippen LogP) is 2.07. The van der Waals surface area contributed by atoms with Crippen molar-refractivity contribution < 1.29 is 9.47 Å². The van der Waals surface area contributed by atoms with Gasteiger partial charge in [0, 0.05) is 25.7 Å². The van der Waals surface area contributed by atoms with Crippen LogP contribution in [0, 0.1) is 0 Å². The van der Waals surface area contributed by atoms with Crippen LogP contribution >= 0.6 is 11.6 Å². The molecule has 1 saturated heterocycles. The molecule has 1 fully saturated rings. The van der Waals surface area contributed by atoms with Gasteiger partial charge in [0.25, 0.3) is 0 Å². The van der Waals surface area contributed by atoms with Gasteiger partial charge in [-0.3, -0.25) is 4.90 Å². The number of ether oxygens (including phenoxy) is 2. The Hall–Kier alpha value is -0.810. The Labute approximate surface area is 119 Å². The highest BCUT2D eigenvalue weighted by molar-refractivity contribution is 6.32. The van der Waals surface area contributed by atoms with Crippen LogP contribution in [0.15, 0.2) is 18.2 Å². The smallest absolute Gasteiger partial charge is 0.137 e. The van der Waals surface area contributed by atoms with Crippen molar-refractivity contribution in [1.29, 1.82) is 0 Å². The monoisotopic (exact) mass is 284 g/mol. The van der Waals surface area contributed by atoms with E-state index >= 15 is 0 Å². The first-order valence-corrected chi connectivity index (χ1v) is 7.02. The first-order chi connectivity index (χ1) is 9.16. The van der Waals surface area contributed by atoms with Gasteiger partial charge in [-0.05, 0) is 24.6 Å². The Morgan fingerprint density at radius 1 is 1.42 bits per heavy atom. The molecule has 0 aromatic heterocycles. The van der Waals surface area contributed by atoms with E-state index in [1.807, 2.05) is 25.1 Å². The summed E-state index contributed by atoms with van der Waals surface area (Å²) in [6.07, 6.45) is 0.